The Morgan fingerprint density at radius 2 is 1.95 bits per heavy atom. The van der Waals surface area contributed by atoms with E-state index in [-0.39, 0.29) is 11.3 Å². The number of hydrogen-bond acceptors (Lipinski definition) is 4. The van der Waals surface area contributed by atoms with Crippen LogP contribution in [0.5, 0.6) is 5.75 Å². The summed E-state index contributed by atoms with van der Waals surface area (Å²) < 4.78 is 4.95. The van der Waals surface area contributed by atoms with Gasteiger partial charge in [0.2, 0.25) is 11.8 Å². The van der Waals surface area contributed by atoms with Gasteiger partial charge in [0.15, 0.2) is 0 Å². The Morgan fingerprint density at radius 3 is 2.47 bits per heavy atom. The van der Waals surface area contributed by atoms with E-state index < -0.39 is 17.8 Å². The maximum absolute atomic E-state index is 11.4. The average Bonchev–Trinajstić information content (AvgIpc) is 2.35. The Balaban J connectivity index is 2.94. The molecule has 0 aliphatic rings. The molecule has 0 atom stereocenters. The highest BCUT2D eigenvalue weighted by Crippen LogP contribution is 2.20. The fraction of sp³-hybridized carbons (Fsp3) is 0.0833. The van der Waals surface area contributed by atoms with Gasteiger partial charge in [0.25, 0.3) is 0 Å². The van der Waals surface area contributed by atoms with Crippen LogP contribution in [-0.2, 0) is 9.59 Å². The predicted molar refractivity (Wildman–Crippen MR) is 66.9 cm³/mol. The molecule has 0 aliphatic heterocycles. The summed E-state index contributed by atoms with van der Waals surface area (Å²) in [5, 5.41) is 10.8. The molecule has 0 saturated heterocycles. The Bertz CT molecular complexity index is 551. The van der Waals surface area contributed by atoms with E-state index in [1.807, 2.05) is 0 Å². The number of benzene rings is 1. The summed E-state index contributed by atoms with van der Waals surface area (Å²) in [5.74, 6) is -2.21. The number of nitrogens with two attached hydrogens (primary N) is 1. The van der Waals surface area contributed by atoms with Gasteiger partial charge in [-0.2, -0.15) is 0 Å². The number of primary amides is 1. The molecule has 0 unspecified atom stereocenters. The highest BCUT2D eigenvalue weighted by atomic mass is 16.5. The topological polar surface area (TPSA) is 119 Å². The molecule has 7 nitrogen and oxygen atoms in total. The minimum Gasteiger partial charge on any atom is -0.497 e. The Labute approximate surface area is 108 Å². The third-order valence-electron chi connectivity index (χ3n) is 2.07. The molecule has 0 spiro atoms. The summed E-state index contributed by atoms with van der Waals surface area (Å²) >= 11 is 0. The summed E-state index contributed by atoms with van der Waals surface area (Å²) in [4.78, 5) is 32.7. The van der Waals surface area contributed by atoms with E-state index in [0.717, 1.165) is 6.08 Å². The maximum Gasteiger partial charge on any atom is 0.328 e. The molecule has 4 N–H and O–H groups in total. The van der Waals surface area contributed by atoms with Crippen molar-refractivity contribution in [3.63, 3.8) is 0 Å². The first-order chi connectivity index (χ1) is 8.92. The van der Waals surface area contributed by atoms with Gasteiger partial charge in [-0.15, -0.1) is 0 Å². The minimum absolute atomic E-state index is 0.164. The molecular formula is C12H12N2O5. The number of carboxylic acids is 1. The lowest BCUT2D eigenvalue weighted by molar-refractivity contribution is -0.131. The van der Waals surface area contributed by atoms with E-state index in [0.29, 0.717) is 11.8 Å². The van der Waals surface area contributed by atoms with Gasteiger partial charge in [-0.3, -0.25) is 9.59 Å². The highest BCUT2D eigenvalue weighted by Gasteiger charge is 2.07. The van der Waals surface area contributed by atoms with Crippen molar-refractivity contribution in [2.45, 2.75) is 0 Å². The third kappa shape index (κ3) is 4.50. The molecule has 0 heterocycles. The predicted octanol–water partition coefficient (Wildman–Crippen LogP) is 0.373. The SMILES string of the molecule is COc1cc(NC(=O)/C=C\C(=O)O)cc(C(N)=O)c1. The van der Waals surface area contributed by atoms with Gasteiger partial charge in [0.1, 0.15) is 5.75 Å². The zero-order valence-corrected chi connectivity index (χ0v) is 10.0. The minimum atomic E-state index is -1.24. The standard InChI is InChI=1S/C12H12N2O5/c1-19-9-5-7(12(13)18)4-8(6-9)14-10(15)2-3-11(16)17/h2-6H,1H3,(H2,13,18)(H,14,15)(H,16,17)/b3-2-. The molecule has 0 radical (unpaired) electrons. The van der Waals surface area contributed by atoms with Crippen molar-refractivity contribution in [1.29, 1.82) is 0 Å². The molecule has 1 aromatic carbocycles. The van der Waals surface area contributed by atoms with E-state index in [1.165, 1.54) is 25.3 Å². The fourth-order valence-corrected chi connectivity index (χ4v) is 1.26. The van der Waals surface area contributed by atoms with Crippen molar-refractivity contribution in [2.75, 3.05) is 12.4 Å². The van der Waals surface area contributed by atoms with Gasteiger partial charge in [0.05, 0.1) is 7.11 Å². The van der Waals surface area contributed by atoms with Crippen molar-refractivity contribution in [3.05, 3.63) is 35.9 Å². The molecule has 0 bridgehead atoms. The highest BCUT2D eigenvalue weighted by molar-refractivity contribution is 6.03. The lowest BCUT2D eigenvalue weighted by atomic mass is 10.1. The number of carboxylic acid groups (broad SMARTS) is 1. The van der Waals surface area contributed by atoms with Gasteiger partial charge in [-0.1, -0.05) is 0 Å². The fourth-order valence-electron chi connectivity index (χ4n) is 1.26. The molecule has 1 rings (SSSR count). The Morgan fingerprint density at radius 1 is 1.26 bits per heavy atom. The van der Waals surface area contributed by atoms with Crippen molar-refractivity contribution < 1.29 is 24.2 Å². The van der Waals surface area contributed by atoms with Crippen LogP contribution in [-0.4, -0.2) is 30.0 Å². The second kappa shape index (κ2) is 6.20. The normalized spacial score (nSPS) is 10.2. The molecule has 100 valence electrons. The van der Waals surface area contributed by atoms with Gasteiger partial charge < -0.3 is 20.9 Å². The van der Waals surface area contributed by atoms with Crippen LogP contribution in [0.3, 0.4) is 0 Å². The van der Waals surface area contributed by atoms with Crippen molar-refractivity contribution in [3.8, 4) is 5.75 Å². The Hall–Kier alpha value is -2.83. The molecule has 2 amide bonds. The lowest BCUT2D eigenvalue weighted by Crippen LogP contribution is -2.13. The van der Waals surface area contributed by atoms with Crippen molar-refractivity contribution in [2.24, 2.45) is 5.73 Å². The van der Waals surface area contributed by atoms with Crippen LogP contribution in [0.2, 0.25) is 0 Å². The molecule has 0 aromatic heterocycles. The first kappa shape index (κ1) is 14.2. The monoisotopic (exact) mass is 264 g/mol. The smallest absolute Gasteiger partial charge is 0.328 e. The van der Waals surface area contributed by atoms with Crippen LogP contribution in [0.25, 0.3) is 0 Å². The number of anilines is 1. The average molecular weight is 264 g/mol. The number of nitrogens with one attached hydrogen (secondary N) is 1. The second-order valence-electron chi connectivity index (χ2n) is 3.48. The zero-order valence-electron chi connectivity index (χ0n) is 10.0. The molecular weight excluding hydrogens is 252 g/mol. The maximum atomic E-state index is 11.4. The van der Waals surface area contributed by atoms with Crippen LogP contribution >= 0.6 is 0 Å². The number of rotatable bonds is 5. The Kier molecular flexibility index (Phi) is 4.64. The summed E-state index contributed by atoms with van der Waals surface area (Å²) in [6, 6.07) is 4.25. The summed E-state index contributed by atoms with van der Waals surface area (Å²) in [6.07, 6.45) is 1.55. The molecule has 0 aliphatic carbocycles. The number of methoxy groups -OCH3 is 1. The van der Waals surface area contributed by atoms with E-state index in [9.17, 15) is 14.4 Å². The van der Waals surface area contributed by atoms with E-state index >= 15 is 0 Å². The molecule has 7 heteroatoms. The van der Waals surface area contributed by atoms with Crippen LogP contribution in [0.1, 0.15) is 10.4 Å². The number of ether oxygens (including phenoxy) is 1. The first-order valence-electron chi connectivity index (χ1n) is 5.13. The summed E-state index contributed by atoms with van der Waals surface area (Å²) in [7, 11) is 1.40. The van der Waals surface area contributed by atoms with Crippen LogP contribution < -0.4 is 15.8 Å². The zero-order chi connectivity index (χ0) is 14.4. The second-order valence-corrected chi connectivity index (χ2v) is 3.48. The third-order valence-corrected chi connectivity index (χ3v) is 2.07. The first-order valence-corrected chi connectivity index (χ1v) is 5.13. The van der Waals surface area contributed by atoms with Gasteiger partial charge in [0, 0.05) is 29.5 Å². The number of aliphatic carboxylic acids is 1. The lowest BCUT2D eigenvalue weighted by Gasteiger charge is -2.07. The largest absolute Gasteiger partial charge is 0.497 e. The number of amides is 2. The number of carbonyl (C=O) groups is 3. The molecule has 0 saturated carbocycles. The van der Waals surface area contributed by atoms with Crippen molar-refractivity contribution >= 4 is 23.5 Å². The van der Waals surface area contributed by atoms with E-state index in [2.05, 4.69) is 5.32 Å². The van der Waals surface area contributed by atoms with Crippen LogP contribution in [0, 0.1) is 0 Å². The van der Waals surface area contributed by atoms with Gasteiger partial charge >= 0.3 is 5.97 Å². The van der Waals surface area contributed by atoms with E-state index in [1.54, 1.807) is 0 Å². The van der Waals surface area contributed by atoms with Crippen LogP contribution in [0.4, 0.5) is 5.69 Å². The van der Waals surface area contributed by atoms with Crippen LogP contribution in [0.15, 0.2) is 30.4 Å². The van der Waals surface area contributed by atoms with Gasteiger partial charge in [-0.25, -0.2) is 4.79 Å². The van der Waals surface area contributed by atoms with Gasteiger partial charge in [-0.05, 0) is 12.1 Å². The molecule has 0 fully saturated rings. The van der Waals surface area contributed by atoms with Crippen molar-refractivity contribution in [1.82, 2.24) is 0 Å². The number of hydrogen-bond donors (Lipinski definition) is 3. The summed E-state index contributed by atoms with van der Waals surface area (Å²) in [5.41, 5.74) is 5.57. The molecule has 1 aromatic rings. The summed E-state index contributed by atoms with van der Waals surface area (Å²) in [6.45, 7) is 0. The van der Waals surface area contributed by atoms with E-state index in [4.69, 9.17) is 15.6 Å². The quantitative estimate of drug-likeness (QED) is 0.664. The molecule has 19 heavy (non-hydrogen) atoms. The number of carbonyl (C=O) groups excluding carboxylic acids is 2.